The van der Waals surface area contributed by atoms with E-state index in [4.69, 9.17) is 4.74 Å². The van der Waals surface area contributed by atoms with E-state index in [-0.39, 0.29) is 0 Å². The lowest BCUT2D eigenvalue weighted by atomic mass is 9.83. The van der Waals surface area contributed by atoms with Crippen molar-refractivity contribution < 1.29 is 4.74 Å². The summed E-state index contributed by atoms with van der Waals surface area (Å²) in [7, 11) is 1.78. The van der Waals surface area contributed by atoms with Gasteiger partial charge in [-0.05, 0) is 19.3 Å². The van der Waals surface area contributed by atoms with Crippen molar-refractivity contribution in [1.82, 2.24) is 15.0 Å². The Hall–Kier alpha value is -1.59. The van der Waals surface area contributed by atoms with E-state index < -0.39 is 0 Å². The third-order valence-corrected chi connectivity index (χ3v) is 3.17. The second kappa shape index (κ2) is 6.37. The van der Waals surface area contributed by atoms with Crippen LogP contribution in [0.15, 0.2) is 0 Å². The summed E-state index contributed by atoms with van der Waals surface area (Å²) in [4.78, 5) is 12.6. The molecule has 1 fully saturated rings. The van der Waals surface area contributed by atoms with Crippen LogP contribution in [0.2, 0.25) is 0 Å². The van der Waals surface area contributed by atoms with Crippen molar-refractivity contribution in [2.75, 3.05) is 30.8 Å². The third kappa shape index (κ3) is 3.45. The maximum atomic E-state index is 5.31. The van der Waals surface area contributed by atoms with Gasteiger partial charge < -0.3 is 15.4 Å². The largest absolute Gasteiger partial charge is 0.464 e. The van der Waals surface area contributed by atoms with Gasteiger partial charge in [-0.3, -0.25) is 0 Å². The van der Waals surface area contributed by atoms with Gasteiger partial charge in [-0.15, -0.1) is 0 Å². The van der Waals surface area contributed by atoms with E-state index in [0.29, 0.717) is 24.5 Å². The number of nitrogens with zero attached hydrogens (tertiary/aromatic N) is 3. The number of rotatable bonds is 7. The molecule has 1 aliphatic carbocycles. The van der Waals surface area contributed by atoms with Crippen LogP contribution < -0.4 is 15.4 Å². The van der Waals surface area contributed by atoms with E-state index in [9.17, 15) is 0 Å². The molecule has 0 atom stereocenters. The van der Waals surface area contributed by atoms with Gasteiger partial charge in [0.1, 0.15) is 0 Å². The predicted molar refractivity (Wildman–Crippen MR) is 71.0 cm³/mol. The molecular weight excluding hydrogens is 230 g/mol. The van der Waals surface area contributed by atoms with Gasteiger partial charge in [0, 0.05) is 13.6 Å². The topological polar surface area (TPSA) is 72.0 Å². The molecule has 0 amide bonds. The van der Waals surface area contributed by atoms with E-state index >= 15 is 0 Å². The number of ether oxygens (including phenoxy) is 1. The van der Waals surface area contributed by atoms with Crippen LogP contribution in [0.25, 0.3) is 0 Å². The Morgan fingerprint density at radius 1 is 1.22 bits per heavy atom. The predicted octanol–water partition coefficient (Wildman–Crippen LogP) is 1.91. The van der Waals surface area contributed by atoms with Crippen LogP contribution in [-0.2, 0) is 0 Å². The fraction of sp³-hybridized carbons (Fsp3) is 0.750. The minimum Gasteiger partial charge on any atom is -0.464 e. The molecule has 1 aromatic heterocycles. The summed E-state index contributed by atoms with van der Waals surface area (Å²) in [5, 5.41) is 6.14. The second-order valence-corrected chi connectivity index (χ2v) is 4.46. The summed E-state index contributed by atoms with van der Waals surface area (Å²) in [6.45, 7) is 3.37. The van der Waals surface area contributed by atoms with Gasteiger partial charge >= 0.3 is 6.01 Å². The van der Waals surface area contributed by atoms with Crippen LogP contribution >= 0.6 is 0 Å². The maximum Gasteiger partial charge on any atom is 0.323 e. The smallest absolute Gasteiger partial charge is 0.323 e. The number of anilines is 2. The van der Waals surface area contributed by atoms with Crippen molar-refractivity contribution in [1.29, 1.82) is 0 Å². The van der Waals surface area contributed by atoms with E-state index in [0.717, 1.165) is 12.5 Å². The minimum atomic E-state index is 0.364. The lowest BCUT2D eigenvalue weighted by Crippen LogP contribution is -2.17. The Morgan fingerprint density at radius 2 is 2.00 bits per heavy atom. The summed E-state index contributed by atoms with van der Waals surface area (Å²) in [6.07, 6.45) is 5.30. The van der Waals surface area contributed by atoms with Crippen molar-refractivity contribution in [3.05, 3.63) is 0 Å². The Kier molecular flexibility index (Phi) is 4.55. The van der Waals surface area contributed by atoms with Crippen molar-refractivity contribution in [3.8, 4) is 6.01 Å². The highest BCUT2D eigenvalue weighted by molar-refractivity contribution is 5.35. The first-order chi connectivity index (χ1) is 8.81. The molecule has 2 N–H and O–H groups in total. The van der Waals surface area contributed by atoms with E-state index in [2.05, 4.69) is 25.6 Å². The van der Waals surface area contributed by atoms with Crippen LogP contribution in [0.5, 0.6) is 6.01 Å². The highest BCUT2D eigenvalue weighted by Gasteiger charge is 2.16. The van der Waals surface area contributed by atoms with Crippen LogP contribution in [0, 0.1) is 5.92 Å². The molecule has 0 aliphatic heterocycles. The molecule has 0 radical (unpaired) electrons. The molecular formula is C12H21N5O. The number of hydrogen-bond acceptors (Lipinski definition) is 6. The molecule has 0 aromatic carbocycles. The zero-order valence-electron chi connectivity index (χ0n) is 11.1. The SMILES string of the molecule is CCOc1nc(NC)nc(NCCC2CCC2)n1. The molecule has 18 heavy (non-hydrogen) atoms. The summed E-state index contributed by atoms with van der Waals surface area (Å²) in [5.74, 6) is 1.99. The molecule has 100 valence electrons. The Bertz CT molecular complexity index is 381. The van der Waals surface area contributed by atoms with Crippen molar-refractivity contribution in [2.45, 2.75) is 32.6 Å². The average molecular weight is 251 g/mol. The van der Waals surface area contributed by atoms with Gasteiger partial charge in [0.15, 0.2) is 0 Å². The molecule has 1 aliphatic rings. The fourth-order valence-corrected chi connectivity index (χ4v) is 1.91. The highest BCUT2D eigenvalue weighted by atomic mass is 16.5. The molecule has 1 heterocycles. The quantitative estimate of drug-likeness (QED) is 0.771. The summed E-state index contributed by atoms with van der Waals surface area (Å²) in [6, 6.07) is 0.364. The maximum absolute atomic E-state index is 5.31. The Labute approximate surface area is 108 Å². The average Bonchev–Trinajstić information content (AvgIpc) is 2.32. The summed E-state index contributed by atoms with van der Waals surface area (Å²) < 4.78 is 5.31. The van der Waals surface area contributed by atoms with Crippen LogP contribution in [-0.4, -0.2) is 35.2 Å². The first kappa shape index (κ1) is 12.9. The van der Waals surface area contributed by atoms with Gasteiger partial charge in [-0.1, -0.05) is 19.3 Å². The molecule has 0 saturated heterocycles. The zero-order valence-corrected chi connectivity index (χ0v) is 11.1. The molecule has 0 unspecified atom stereocenters. The minimum absolute atomic E-state index is 0.364. The molecule has 6 nitrogen and oxygen atoms in total. The molecule has 0 bridgehead atoms. The van der Waals surface area contributed by atoms with E-state index in [1.807, 2.05) is 6.92 Å². The lowest BCUT2D eigenvalue weighted by Gasteiger charge is -2.25. The van der Waals surface area contributed by atoms with Crippen LogP contribution in [0.1, 0.15) is 32.6 Å². The van der Waals surface area contributed by atoms with Crippen molar-refractivity contribution >= 4 is 11.9 Å². The number of aromatic nitrogens is 3. The van der Waals surface area contributed by atoms with Crippen molar-refractivity contribution in [3.63, 3.8) is 0 Å². The standard InChI is InChI=1S/C12H21N5O/c1-3-18-12-16-10(13-2)15-11(17-12)14-8-7-9-5-4-6-9/h9H,3-8H2,1-2H3,(H2,13,14,15,16,17). The Balaban J connectivity index is 1.90. The first-order valence-electron chi connectivity index (χ1n) is 6.62. The molecule has 1 aromatic rings. The van der Waals surface area contributed by atoms with Gasteiger partial charge in [0.2, 0.25) is 11.9 Å². The van der Waals surface area contributed by atoms with Gasteiger partial charge in [0.25, 0.3) is 0 Å². The van der Waals surface area contributed by atoms with E-state index in [1.165, 1.54) is 25.7 Å². The van der Waals surface area contributed by atoms with Crippen LogP contribution in [0.3, 0.4) is 0 Å². The van der Waals surface area contributed by atoms with Gasteiger partial charge in [0.05, 0.1) is 6.61 Å². The molecule has 6 heteroatoms. The fourth-order valence-electron chi connectivity index (χ4n) is 1.91. The zero-order chi connectivity index (χ0) is 12.8. The Morgan fingerprint density at radius 3 is 2.61 bits per heavy atom. The summed E-state index contributed by atoms with van der Waals surface area (Å²) in [5.41, 5.74) is 0. The first-order valence-corrected chi connectivity index (χ1v) is 6.62. The van der Waals surface area contributed by atoms with Gasteiger partial charge in [-0.2, -0.15) is 15.0 Å². The molecule has 1 saturated carbocycles. The third-order valence-electron chi connectivity index (χ3n) is 3.17. The normalized spacial score (nSPS) is 15.0. The molecule has 2 rings (SSSR count). The summed E-state index contributed by atoms with van der Waals surface area (Å²) >= 11 is 0. The van der Waals surface area contributed by atoms with Crippen molar-refractivity contribution in [2.24, 2.45) is 5.92 Å². The van der Waals surface area contributed by atoms with Crippen LogP contribution in [0.4, 0.5) is 11.9 Å². The number of hydrogen-bond donors (Lipinski definition) is 2. The van der Waals surface area contributed by atoms with Gasteiger partial charge in [-0.25, -0.2) is 0 Å². The van der Waals surface area contributed by atoms with E-state index in [1.54, 1.807) is 7.05 Å². The highest BCUT2D eigenvalue weighted by Crippen LogP contribution is 2.29. The second-order valence-electron chi connectivity index (χ2n) is 4.46. The molecule has 0 spiro atoms. The number of nitrogens with one attached hydrogen (secondary N) is 2. The lowest BCUT2D eigenvalue weighted by molar-refractivity contribution is 0.302. The monoisotopic (exact) mass is 251 g/mol.